The van der Waals surface area contributed by atoms with Crippen LogP contribution in [0.3, 0.4) is 0 Å². The molecule has 1 aromatic carbocycles. The number of amides is 1. The molecule has 7 nitrogen and oxygen atoms in total. The summed E-state index contributed by atoms with van der Waals surface area (Å²) in [6, 6.07) is 11.3. The van der Waals surface area contributed by atoms with Gasteiger partial charge in [0.2, 0.25) is 5.91 Å². The van der Waals surface area contributed by atoms with Gasteiger partial charge in [-0.2, -0.15) is 5.26 Å². The molecule has 1 atom stereocenters. The molecule has 1 amide bonds. The van der Waals surface area contributed by atoms with Gasteiger partial charge < -0.3 is 11.1 Å². The fourth-order valence-electron chi connectivity index (χ4n) is 5.29. The van der Waals surface area contributed by atoms with Crippen molar-refractivity contribution >= 4 is 39.1 Å². The molecule has 5 rings (SSSR count). The van der Waals surface area contributed by atoms with Crippen molar-refractivity contribution in [1.29, 1.82) is 5.26 Å². The topological polar surface area (TPSA) is 112 Å². The van der Waals surface area contributed by atoms with Crippen molar-refractivity contribution in [3.8, 4) is 6.07 Å². The van der Waals surface area contributed by atoms with Crippen molar-refractivity contribution in [2.75, 3.05) is 10.2 Å². The molecule has 2 aliphatic heterocycles. The summed E-state index contributed by atoms with van der Waals surface area (Å²) < 4.78 is 0.789. The Hall–Kier alpha value is -3.44. The molecule has 0 saturated heterocycles. The smallest absolute Gasteiger partial charge is 0.245 e. The zero-order valence-corrected chi connectivity index (χ0v) is 20.1. The third-order valence-corrected chi connectivity index (χ3v) is 7.06. The predicted molar refractivity (Wildman–Crippen MR) is 128 cm³/mol. The maximum Gasteiger partial charge on any atom is 0.245 e. The lowest BCUT2D eigenvalue weighted by Crippen LogP contribution is -2.52. The Labute approximate surface area is 200 Å². The van der Waals surface area contributed by atoms with Crippen LogP contribution < -0.4 is 16.0 Å². The monoisotopic (exact) mass is 503 g/mol. The van der Waals surface area contributed by atoms with Crippen molar-refractivity contribution in [2.45, 2.75) is 39.0 Å². The van der Waals surface area contributed by atoms with Crippen LogP contribution in [0.1, 0.15) is 37.8 Å². The average molecular weight is 504 g/mol. The van der Waals surface area contributed by atoms with E-state index in [-0.39, 0.29) is 29.0 Å². The highest BCUT2D eigenvalue weighted by atomic mass is 79.9. The molecule has 1 unspecified atom stereocenters. The molecule has 3 aliphatic rings. The van der Waals surface area contributed by atoms with Crippen molar-refractivity contribution in [3.63, 3.8) is 0 Å². The van der Waals surface area contributed by atoms with Crippen LogP contribution in [0.15, 0.2) is 63.7 Å². The number of pyridine rings is 1. The molecule has 0 radical (unpaired) electrons. The van der Waals surface area contributed by atoms with Gasteiger partial charge >= 0.3 is 0 Å². The van der Waals surface area contributed by atoms with E-state index in [2.05, 4.69) is 32.3 Å². The normalized spacial score (nSPS) is 23.4. The molecule has 3 heterocycles. The number of nitrogens with two attached hydrogens (primary N) is 1. The number of nitrogens with one attached hydrogen (secondary N) is 1. The summed E-state index contributed by atoms with van der Waals surface area (Å²) in [5.74, 6) is 0.0138. The summed E-state index contributed by atoms with van der Waals surface area (Å²) in [5, 5.41) is 13.2. The van der Waals surface area contributed by atoms with Gasteiger partial charge in [-0.05, 0) is 52.9 Å². The first-order valence-corrected chi connectivity index (χ1v) is 11.4. The maximum absolute atomic E-state index is 13.8. The lowest BCUT2D eigenvalue weighted by molar-refractivity contribution is -0.123. The molecule has 0 bridgehead atoms. The zero-order chi connectivity index (χ0) is 23.7. The SMILES string of the molecule is Cc1ccc2c(c1)C1(C(=O)N2)C(C#N)=C(N)N(c2ccc(Br)cn2)C2=C1C(=O)CC(C)(C)C2. The number of ketones is 1. The fourth-order valence-corrected chi connectivity index (χ4v) is 5.53. The summed E-state index contributed by atoms with van der Waals surface area (Å²) in [6.07, 6.45) is 2.40. The number of anilines is 2. The number of aromatic nitrogens is 1. The zero-order valence-electron chi connectivity index (χ0n) is 18.5. The Morgan fingerprint density at radius 2 is 1.97 bits per heavy atom. The van der Waals surface area contributed by atoms with Gasteiger partial charge in [-0.3, -0.25) is 14.5 Å². The predicted octanol–water partition coefficient (Wildman–Crippen LogP) is 4.20. The van der Waals surface area contributed by atoms with Gasteiger partial charge in [-0.25, -0.2) is 4.98 Å². The maximum atomic E-state index is 13.8. The summed E-state index contributed by atoms with van der Waals surface area (Å²) in [5.41, 5.74) is 7.82. The van der Waals surface area contributed by atoms with Crippen molar-refractivity contribution in [3.05, 3.63) is 74.8 Å². The molecular formula is C25H22BrN5O2. The van der Waals surface area contributed by atoms with Crippen LogP contribution >= 0.6 is 15.9 Å². The van der Waals surface area contributed by atoms with Gasteiger partial charge in [0.05, 0.1) is 5.57 Å². The third-order valence-electron chi connectivity index (χ3n) is 6.59. The minimum atomic E-state index is -1.57. The van der Waals surface area contributed by atoms with Crippen LogP contribution in [-0.2, 0) is 15.0 Å². The van der Waals surface area contributed by atoms with E-state index in [4.69, 9.17) is 5.73 Å². The second-order valence-corrected chi connectivity index (χ2v) is 10.5. The van der Waals surface area contributed by atoms with Gasteiger partial charge in [-0.15, -0.1) is 0 Å². The summed E-state index contributed by atoms with van der Waals surface area (Å²) in [7, 11) is 0. The number of benzene rings is 1. The van der Waals surface area contributed by atoms with E-state index in [0.717, 1.165) is 10.0 Å². The summed E-state index contributed by atoms with van der Waals surface area (Å²) >= 11 is 3.39. The number of carbonyl (C=O) groups excluding carboxylic acids is 2. The molecule has 166 valence electrons. The number of nitrogens with zero attached hydrogens (tertiary/aromatic N) is 3. The highest BCUT2D eigenvalue weighted by Crippen LogP contribution is 2.57. The molecule has 8 heteroatoms. The van der Waals surface area contributed by atoms with Crippen LogP contribution in [0.5, 0.6) is 0 Å². The van der Waals surface area contributed by atoms with E-state index in [0.29, 0.717) is 34.8 Å². The lowest BCUT2D eigenvalue weighted by atomic mass is 9.60. The summed E-state index contributed by atoms with van der Waals surface area (Å²) in [4.78, 5) is 33.6. The Morgan fingerprint density at radius 3 is 2.64 bits per heavy atom. The van der Waals surface area contributed by atoms with Crippen molar-refractivity contribution in [2.24, 2.45) is 11.1 Å². The van der Waals surface area contributed by atoms with Crippen LogP contribution in [0.2, 0.25) is 0 Å². The first-order chi connectivity index (χ1) is 15.6. The number of halogens is 1. The first-order valence-electron chi connectivity index (χ1n) is 10.6. The van der Waals surface area contributed by atoms with E-state index in [1.807, 2.05) is 45.0 Å². The number of allylic oxidation sites excluding steroid dienone is 1. The van der Waals surface area contributed by atoms with E-state index in [1.165, 1.54) is 0 Å². The molecule has 0 saturated carbocycles. The van der Waals surface area contributed by atoms with Crippen LogP contribution in [0.4, 0.5) is 11.5 Å². The Morgan fingerprint density at radius 1 is 1.21 bits per heavy atom. The standard InChI is InChI=1S/C25H22BrN5O2/c1-13-4-6-17-15(8-13)25(23(33)30-17)16(11-27)22(28)31(20-7-5-14(26)12-29-20)18-9-24(2,3)10-19(32)21(18)25/h4-8,12H,9-10,28H2,1-3H3,(H,30,33). The number of fused-ring (bicyclic) bond motifs is 3. The number of rotatable bonds is 1. The molecule has 1 aliphatic carbocycles. The number of Topliss-reactive ketones (excluding diaryl/α,β-unsaturated/α-hetero) is 1. The third kappa shape index (κ3) is 2.89. The number of hydrogen-bond acceptors (Lipinski definition) is 6. The second kappa shape index (κ2) is 7.03. The van der Waals surface area contributed by atoms with Gasteiger partial charge in [0.1, 0.15) is 23.1 Å². The Bertz CT molecular complexity index is 1350. The highest BCUT2D eigenvalue weighted by Gasteiger charge is 2.61. The van der Waals surface area contributed by atoms with Gasteiger partial charge in [0.25, 0.3) is 0 Å². The molecule has 1 spiro atoms. The lowest BCUT2D eigenvalue weighted by Gasteiger charge is -2.46. The minimum absolute atomic E-state index is 0.0425. The largest absolute Gasteiger partial charge is 0.384 e. The number of aryl methyl sites for hydroxylation is 1. The van der Waals surface area contributed by atoms with Gasteiger partial charge in [-0.1, -0.05) is 31.5 Å². The highest BCUT2D eigenvalue weighted by molar-refractivity contribution is 9.10. The second-order valence-electron chi connectivity index (χ2n) is 9.56. The molecule has 33 heavy (non-hydrogen) atoms. The van der Waals surface area contributed by atoms with Crippen LogP contribution in [0.25, 0.3) is 0 Å². The quantitative estimate of drug-likeness (QED) is 0.602. The van der Waals surface area contributed by atoms with Gasteiger partial charge in [0, 0.05) is 39.6 Å². The number of hydrogen-bond donors (Lipinski definition) is 2. The minimum Gasteiger partial charge on any atom is -0.384 e. The molecule has 3 N–H and O–H groups in total. The van der Waals surface area contributed by atoms with E-state index >= 15 is 0 Å². The Balaban J connectivity index is 1.90. The fraction of sp³-hybridized carbons (Fsp3) is 0.280. The van der Waals surface area contributed by atoms with Gasteiger partial charge in [0.15, 0.2) is 5.78 Å². The first kappa shape index (κ1) is 21.4. The van der Waals surface area contributed by atoms with Crippen molar-refractivity contribution in [1.82, 2.24) is 4.98 Å². The van der Waals surface area contributed by atoms with E-state index < -0.39 is 11.3 Å². The Kier molecular flexibility index (Phi) is 4.56. The molecule has 0 fully saturated rings. The van der Waals surface area contributed by atoms with Crippen LogP contribution in [0, 0.1) is 23.7 Å². The number of nitriles is 1. The molecule has 1 aromatic heterocycles. The molecule has 2 aromatic rings. The average Bonchev–Trinajstić information content (AvgIpc) is 3.00. The van der Waals surface area contributed by atoms with E-state index in [1.54, 1.807) is 17.2 Å². The van der Waals surface area contributed by atoms with Crippen LogP contribution in [-0.4, -0.2) is 16.7 Å². The van der Waals surface area contributed by atoms with Crippen molar-refractivity contribution < 1.29 is 9.59 Å². The summed E-state index contributed by atoms with van der Waals surface area (Å²) in [6.45, 7) is 5.94. The van der Waals surface area contributed by atoms with E-state index in [9.17, 15) is 14.9 Å². The molecular weight excluding hydrogens is 482 g/mol. The number of carbonyl (C=O) groups is 2.